The maximum absolute atomic E-state index is 5.74. The van der Waals surface area contributed by atoms with Gasteiger partial charge in [0.1, 0.15) is 4.73 Å². The lowest BCUT2D eigenvalue weighted by Crippen LogP contribution is -2.21. The number of nitrogens with one attached hydrogen (secondary N) is 1. The van der Waals surface area contributed by atoms with E-state index in [1.165, 1.54) is 10.6 Å². The van der Waals surface area contributed by atoms with Crippen LogP contribution in [-0.2, 0) is 0 Å². The first kappa shape index (κ1) is 14.9. The Labute approximate surface area is 137 Å². The van der Waals surface area contributed by atoms with E-state index in [1.807, 2.05) is 42.5 Å². The van der Waals surface area contributed by atoms with E-state index in [9.17, 15) is 0 Å². The third kappa shape index (κ3) is 3.59. The highest BCUT2D eigenvalue weighted by Gasteiger charge is 2.18. The molecule has 0 unspecified atom stereocenters. The first-order chi connectivity index (χ1) is 10.8. The molecule has 22 heavy (non-hydrogen) atoms. The summed E-state index contributed by atoms with van der Waals surface area (Å²) in [6.45, 7) is 0. The number of benzene rings is 3. The molecule has 0 aliphatic heterocycles. The van der Waals surface area contributed by atoms with Crippen LogP contribution in [0.15, 0.2) is 91.0 Å². The standard InChI is InChI=1S/C19H16NPS/c22-19(20-16-10-4-1-5-11-16)21(17-12-6-2-7-13-17)18-14-8-3-9-15-18/h1-15H,(H,20,22). The Bertz CT molecular complexity index is 690. The average Bonchev–Trinajstić information content (AvgIpc) is 2.58. The van der Waals surface area contributed by atoms with Crippen LogP contribution < -0.4 is 15.9 Å². The van der Waals surface area contributed by atoms with Crippen molar-refractivity contribution in [2.45, 2.75) is 0 Å². The van der Waals surface area contributed by atoms with E-state index in [4.69, 9.17) is 12.2 Å². The van der Waals surface area contributed by atoms with Gasteiger partial charge in [-0.05, 0) is 22.7 Å². The Kier molecular flexibility index (Phi) is 4.95. The Morgan fingerprint density at radius 3 is 1.50 bits per heavy atom. The van der Waals surface area contributed by atoms with Gasteiger partial charge in [0.25, 0.3) is 0 Å². The molecule has 3 heteroatoms. The van der Waals surface area contributed by atoms with Crippen molar-refractivity contribution < 1.29 is 0 Å². The summed E-state index contributed by atoms with van der Waals surface area (Å²) in [6, 6.07) is 31.1. The highest BCUT2D eigenvalue weighted by atomic mass is 32.1. The fourth-order valence-corrected chi connectivity index (χ4v) is 4.94. The molecular weight excluding hydrogens is 305 g/mol. The minimum atomic E-state index is -0.715. The van der Waals surface area contributed by atoms with Gasteiger partial charge in [-0.1, -0.05) is 91.1 Å². The molecule has 0 saturated heterocycles. The van der Waals surface area contributed by atoms with Crippen molar-refractivity contribution in [1.82, 2.24) is 0 Å². The molecule has 0 saturated carbocycles. The fourth-order valence-electron chi connectivity index (χ4n) is 2.24. The van der Waals surface area contributed by atoms with E-state index < -0.39 is 7.92 Å². The molecule has 108 valence electrons. The molecule has 0 atom stereocenters. The minimum Gasteiger partial charge on any atom is -0.346 e. The van der Waals surface area contributed by atoms with Crippen molar-refractivity contribution in [1.29, 1.82) is 0 Å². The van der Waals surface area contributed by atoms with Crippen LogP contribution in [0, 0.1) is 0 Å². The molecule has 1 nitrogen and oxygen atoms in total. The van der Waals surface area contributed by atoms with Crippen LogP contribution in [0.2, 0.25) is 0 Å². The first-order valence-corrected chi connectivity index (χ1v) is 8.86. The summed E-state index contributed by atoms with van der Waals surface area (Å²) >= 11 is 5.74. The molecule has 0 radical (unpaired) electrons. The number of hydrogen-bond donors (Lipinski definition) is 1. The van der Waals surface area contributed by atoms with Crippen molar-refractivity contribution >= 4 is 41.2 Å². The van der Waals surface area contributed by atoms with Crippen LogP contribution in [0.3, 0.4) is 0 Å². The van der Waals surface area contributed by atoms with Gasteiger partial charge in [0.2, 0.25) is 0 Å². The summed E-state index contributed by atoms with van der Waals surface area (Å²) in [7, 11) is -0.715. The number of rotatable bonds is 4. The Hall–Kier alpha value is -2.02. The summed E-state index contributed by atoms with van der Waals surface area (Å²) in [5.41, 5.74) is 1.03. The number of para-hydroxylation sites is 1. The van der Waals surface area contributed by atoms with E-state index in [0.717, 1.165) is 10.4 Å². The van der Waals surface area contributed by atoms with E-state index in [0.29, 0.717) is 0 Å². The average molecular weight is 321 g/mol. The van der Waals surface area contributed by atoms with Crippen LogP contribution in [0.1, 0.15) is 0 Å². The lowest BCUT2D eigenvalue weighted by atomic mass is 10.3. The summed E-state index contributed by atoms with van der Waals surface area (Å²) < 4.78 is 0.874. The largest absolute Gasteiger partial charge is 0.346 e. The second-order valence-electron chi connectivity index (χ2n) is 4.80. The monoisotopic (exact) mass is 321 g/mol. The van der Waals surface area contributed by atoms with Gasteiger partial charge < -0.3 is 5.32 Å². The summed E-state index contributed by atoms with van der Waals surface area (Å²) in [4.78, 5) is 0. The molecule has 3 aromatic carbocycles. The number of hydrogen-bond acceptors (Lipinski definition) is 1. The SMILES string of the molecule is S=C(Nc1ccccc1)P(c1ccccc1)c1ccccc1. The fraction of sp³-hybridized carbons (Fsp3) is 0. The second kappa shape index (κ2) is 7.31. The molecule has 0 aliphatic rings. The molecule has 1 N–H and O–H groups in total. The van der Waals surface area contributed by atoms with Gasteiger partial charge in [0.05, 0.1) is 0 Å². The van der Waals surface area contributed by atoms with Crippen molar-refractivity contribution in [2.75, 3.05) is 5.32 Å². The summed E-state index contributed by atoms with van der Waals surface area (Å²) in [6.07, 6.45) is 0. The van der Waals surface area contributed by atoms with Gasteiger partial charge in [-0.15, -0.1) is 0 Å². The van der Waals surface area contributed by atoms with Gasteiger partial charge >= 0.3 is 0 Å². The smallest absolute Gasteiger partial charge is 0.112 e. The lowest BCUT2D eigenvalue weighted by molar-refractivity contribution is 1.66. The maximum atomic E-state index is 5.74. The molecule has 0 spiro atoms. The molecule has 0 aliphatic carbocycles. The summed E-state index contributed by atoms with van der Waals surface area (Å²) in [5.74, 6) is 0. The highest BCUT2D eigenvalue weighted by Crippen LogP contribution is 2.35. The number of anilines is 1. The Balaban J connectivity index is 1.94. The topological polar surface area (TPSA) is 12.0 Å². The maximum Gasteiger partial charge on any atom is 0.112 e. The molecule has 0 amide bonds. The molecular formula is C19H16NPS. The van der Waals surface area contributed by atoms with Crippen LogP contribution in [0.5, 0.6) is 0 Å². The van der Waals surface area contributed by atoms with Crippen molar-refractivity contribution in [3.05, 3.63) is 91.0 Å². The van der Waals surface area contributed by atoms with Crippen LogP contribution in [-0.4, -0.2) is 4.73 Å². The zero-order chi connectivity index (χ0) is 15.2. The predicted molar refractivity (Wildman–Crippen MR) is 102 cm³/mol. The lowest BCUT2D eigenvalue weighted by Gasteiger charge is -2.20. The van der Waals surface area contributed by atoms with Crippen molar-refractivity contribution in [3.8, 4) is 0 Å². The van der Waals surface area contributed by atoms with E-state index in [-0.39, 0.29) is 0 Å². The molecule has 0 fully saturated rings. The van der Waals surface area contributed by atoms with Crippen LogP contribution in [0.4, 0.5) is 5.69 Å². The van der Waals surface area contributed by atoms with E-state index >= 15 is 0 Å². The van der Waals surface area contributed by atoms with E-state index in [2.05, 4.69) is 53.8 Å². The molecule has 0 bridgehead atoms. The van der Waals surface area contributed by atoms with Crippen LogP contribution in [0.25, 0.3) is 0 Å². The summed E-state index contributed by atoms with van der Waals surface area (Å²) in [5, 5.41) is 5.92. The van der Waals surface area contributed by atoms with Crippen molar-refractivity contribution in [2.24, 2.45) is 0 Å². The molecule has 0 heterocycles. The van der Waals surface area contributed by atoms with Gasteiger partial charge in [-0.3, -0.25) is 0 Å². The molecule has 3 aromatic rings. The highest BCUT2D eigenvalue weighted by molar-refractivity contribution is 8.04. The van der Waals surface area contributed by atoms with Gasteiger partial charge in [0, 0.05) is 13.6 Å². The van der Waals surface area contributed by atoms with E-state index in [1.54, 1.807) is 0 Å². The minimum absolute atomic E-state index is 0.715. The quantitative estimate of drug-likeness (QED) is 0.560. The molecule has 0 aromatic heterocycles. The van der Waals surface area contributed by atoms with Crippen LogP contribution >= 0.6 is 20.1 Å². The zero-order valence-corrected chi connectivity index (χ0v) is 13.7. The third-order valence-electron chi connectivity index (χ3n) is 3.26. The molecule has 3 rings (SSSR count). The normalized spacial score (nSPS) is 10.4. The predicted octanol–water partition coefficient (Wildman–Crippen LogP) is 4.52. The third-order valence-corrected chi connectivity index (χ3v) is 6.05. The number of thiocarbonyl (C=S) groups is 1. The Morgan fingerprint density at radius 1 is 0.636 bits per heavy atom. The first-order valence-electron chi connectivity index (χ1n) is 7.11. The second-order valence-corrected chi connectivity index (χ2v) is 7.66. The van der Waals surface area contributed by atoms with Gasteiger partial charge in [0.15, 0.2) is 0 Å². The Morgan fingerprint density at radius 2 is 1.05 bits per heavy atom. The van der Waals surface area contributed by atoms with Crippen molar-refractivity contribution in [3.63, 3.8) is 0 Å². The zero-order valence-electron chi connectivity index (χ0n) is 12.0. The van der Waals surface area contributed by atoms with Gasteiger partial charge in [-0.2, -0.15) is 0 Å². The van der Waals surface area contributed by atoms with Gasteiger partial charge in [-0.25, -0.2) is 0 Å².